The fourth-order valence-electron chi connectivity index (χ4n) is 1.25. The molecular formula is C11H11BrN2S. The van der Waals surface area contributed by atoms with E-state index in [1.54, 1.807) is 11.3 Å². The van der Waals surface area contributed by atoms with E-state index in [-0.39, 0.29) is 6.04 Å². The second-order valence-electron chi connectivity index (χ2n) is 3.37. The summed E-state index contributed by atoms with van der Waals surface area (Å²) in [5, 5.41) is 1.02. The Labute approximate surface area is 101 Å². The van der Waals surface area contributed by atoms with Gasteiger partial charge in [0.15, 0.2) is 0 Å². The van der Waals surface area contributed by atoms with Gasteiger partial charge in [-0.15, -0.1) is 11.3 Å². The molecule has 4 heteroatoms. The summed E-state index contributed by atoms with van der Waals surface area (Å²) in [6.45, 7) is 1.97. The summed E-state index contributed by atoms with van der Waals surface area (Å²) in [6.07, 6.45) is 1.85. The maximum Gasteiger partial charge on any atom is 0.123 e. The summed E-state index contributed by atoms with van der Waals surface area (Å²) >= 11 is 5.09. The van der Waals surface area contributed by atoms with Crippen LogP contribution in [-0.4, -0.2) is 4.98 Å². The molecule has 0 aliphatic rings. The van der Waals surface area contributed by atoms with E-state index in [4.69, 9.17) is 5.73 Å². The maximum atomic E-state index is 5.80. The van der Waals surface area contributed by atoms with Crippen LogP contribution in [0, 0.1) is 0 Å². The van der Waals surface area contributed by atoms with Gasteiger partial charge in [-0.25, -0.2) is 4.98 Å². The second-order valence-corrected chi connectivity index (χ2v) is 5.34. The third-order valence-corrected chi connectivity index (χ3v) is 3.78. The Morgan fingerprint density at radius 1 is 1.47 bits per heavy atom. The van der Waals surface area contributed by atoms with Crippen LogP contribution < -0.4 is 5.73 Å². The molecule has 0 fully saturated rings. The van der Waals surface area contributed by atoms with Crippen molar-refractivity contribution in [3.8, 4) is 10.6 Å². The zero-order chi connectivity index (χ0) is 10.8. The van der Waals surface area contributed by atoms with Crippen LogP contribution in [0.2, 0.25) is 0 Å². The lowest BCUT2D eigenvalue weighted by atomic mass is 10.2. The molecule has 1 aromatic heterocycles. The molecule has 0 spiro atoms. The van der Waals surface area contributed by atoms with Crippen LogP contribution in [0.1, 0.15) is 17.8 Å². The van der Waals surface area contributed by atoms with Crippen molar-refractivity contribution in [3.05, 3.63) is 39.8 Å². The van der Waals surface area contributed by atoms with Gasteiger partial charge in [-0.1, -0.05) is 28.1 Å². The number of thiazole rings is 1. The van der Waals surface area contributed by atoms with Crippen molar-refractivity contribution in [1.82, 2.24) is 4.98 Å². The summed E-state index contributed by atoms with van der Waals surface area (Å²) in [5.74, 6) is 0. The van der Waals surface area contributed by atoms with Gasteiger partial charge >= 0.3 is 0 Å². The molecule has 0 saturated heterocycles. The van der Waals surface area contributed by atoms with Gasteiger partial charge in [0.1, 0.15) is 5.01 Å². The molecular weight excluding hydrogens is 272 g/mol. The van der Waals surface area contributed by atoms with Crippen LogP contribution in [-0.2, 0) is 0 Å². The first-order valence-corrected chi connectivity index (χ1v) is 6.25. The van der Waals surface area contributed by atoms with Gasteiger partial charge < -0.3 is 5.73 Å². The van der Waals surface area contributed by atoms with Crippen LogP contribution in [0.5, 0.6) is 0 Å². The van der Waals surface area contributed by atoms with E-state index in [2.05, 4.69) is 33.0 Å². The summed E-state index contributed by atoms with van der Waals surface area (Å²) in [7, 11) is 0. The number of nitrogens with zero attached hydrogens (tertiary/aromatic N) is 1. The molecule has 2 rings (SSSR count). The van der Waals surface area contributed by atoms with Crippen LogP contribution in [0.3, 0.4) is 0 Å². The van der Waals surface area contributed by atoms with E-state index in [0.717, 1.165) is 19.9 Å². The highest BCUT2D eigenvalue weighted by atomic mass is 79.9. The van der Waals surface area contributed by atoms with Gasteiger partial charge in [-0.3, -0.25) is 0 Å². The van der Waals surface area contributed by atoms with Crippen molar-refractivity contribution in [2.24, 2.45) is 5.73 Å². The van der Waals surface area contributed by atoms with Gasteiger partial charge in [0, 0.05) is 27.2 Å². The van der Waals surface area contributed by atoms with Crippen molar-refractivity contribution in [2.45, 2.75) is 13.0 Å². The van der Waals surface area contributed by atoms with Crippen molar-refractivity contribution in [3.63, 3.8) is 0 Å². The Bertz CT molecular complexity index is 465. The molecule has 2 nitrogen and oxygen atoms in total. The predicted octanol–water partition coefficient (Wildman–Crippen LogP) is 3.59. The minimum atomic E-state index is 0.0587. The van der Waals surface area contributed by atoms with Gasteiger partial charge in [-0.05, 0) is 19.1 Å². The molecule has 2 N–H and O–H groups in total. The first kappa shape index (κ1) is 10.8. The molecule has 0 radical (unpaired) electrons. The van der Waals surface area contributed by atoms with E-state index >= 15 is 0 Å². The molecule has 1 aromatic carbocycles. The number of hydrogen-bond acceptors (Lipinski definition) is 3. The van der Waals surface area contributed by atoms with E-state index in [9.17, 15) is 0 Å². The molecule has 1 atom stereocenters. The molecule has 0 amide bonds. The van der Waals surface area contributed by atoms with Gasteiger partial charge in [-0.2, -0.15) is 0 Å². The van der Waals surface area contributed by atoms with Crippen LogP contribution in [0.4, 0.5) is 0 Å². The second kappa shape index (κ2) is 4.43. The number of benzene rings is 1. The lowest BCUT2D eigenvalue weighted by Gasteiger charge is -1.98. The number of hydrogen-bond donors (Lipinski definition) is 1. The zero-order valence-electron chi connectivity index (χ0n) is 8.27. The Morgan fingerprint density at radius 3 is 2.87 bits per heavy atom. The summed E-state index contributed by atoms with van der Waals surface area (Å²) < 4.78 is 1.07. The van der Waals surface area contributed by atoms with Crippen molar-refractivity contribution in [2.75, 3.05) is 0 Å². The largest absolute Gasteiger partial charge is 0.323 e. The minimum absolute atomic E-state index is 0.0587. The molecule has 1 heterocycles. The molecule has 0 aliphatic heterocycles. The lowest BCUT2D eigenvalue weighted by Crippen LogP contribution is -2.01. The zero-order valence-corrected chi connectivity index (χ0v) is 10.7. The highest BCUT2D eigenvalue weighted by Gasteiger charge is 2.07. The Morgan fingerprint density at radius 2 is 2.27 bits per heavy atom. The smallest absolute Gasteiger partial charge is 0.123 e. The van der Waals surface area contributed by atoms with E-state index in [0.29, 0.717) is 0 Å². The topological polar surface area (TPSA) is 38.9 Å². The van der Waals surface area contributed by atoms with Crippen LogP contribution >= 0.6 is 27.3 Å². The summed E-state index contributed by atoms with van der Waals surface area (Å²) in [6, 6.07) is 8.18. The van der Waals surface area contributed by atoms with Crippen LogP contribution in [0.25, 0.3) is 10.6 Å². The Hall–Kier alpha value is -0.710. The third kappa shape index (κ3) is 2.45. The highest BCUT2D eigenvalue weighted by Crippen LogP contribution is 2.29. The minimum Gasteiger partial charge on any atom is -0.323 e. The summed E-state index contributed by atoms with van der Waals surface area (Å²) in [4.78, 5) is 5.48. The molecule has 2 aromatic rings. The molecule has 0 saturated carbocycles. The van der Waals surface area contributed by atoms with Crippen molar-refractivity contribution >= 4 is 27.3 Å². The average Bonchev–Trinajstić information content (AvgIpc) is 2.66. The van der Waals surface area contributed by atoms with Gasteiger partial charge in [0.2, 0.25) is 0 Å². The number of halogens is 1. The Balaban J connectivity index is 2.37. The SMILES string of the molecule is CC(N)c1cnc(-c2cccc(Br)c2)s1. The van der Waals surface area contributed by atoms with Crippen LogP contribution in [0.15, 0.2) is 34.9 Å². The molecule has 0 aliphatic carbocycles. The number of nitrogens with two attached hydrogens (primary N) is 1. The van der Waals surface area contributed by atoms with E-state index in [1.165, 1.54) is 0 Å². The first-order chi connectivity index (χ1) is 7.16. The predicted molar refractivity (Wildman–Crippen MR) is 67.9 cm³/mol. The number of rotatable bonds is 2. The quantitative estimate of drug-likeness (QED) is 0.914. The molecule has 1 unspecified atom stereocenters. The number of aromatic nitrogens is 1. The van der Waals surface area contributed by atoms with Gasteiger partial charge in [0.05, 0.1) is 0 Å². The molecule has 78 valence electrons. The first-order valence-electron chi connectivity index (χ1n) is 4.64. The monoisotopic (exact) mass is 282 g/mol. The van der Waals surface area contributed by atoms with E-state index < -0.39 is 0 Å². The molecule has 15 heavy (non-hydrogen) atoms. The van der Waals surface area contributed by atoms with Crippen molar-refractivity contribution < 1.29 is 0 Å². The summed E-state index contributed by atoms with van der Waals surface area (Å²) in [5.41, 5.74) is 6.92. The fraction of sp³-hybridized carbons (Fsp3) is 0.182. The maximum absolute atomic E-state index is 5.80. The standard InChI is InChI=1S/C11H11BrN2S/c1-7(13)10-6-14-11(15-10)8-3-2-4-9(12)5-8/h2-7H,13H2,1H3. The highest BCUT2D eigenvalue weighted by molar-refractivity contribution is 9.10. The van der Waals surface area contributed by atoms with Gasteiger partial charge in [0.25, 0.3) is 0 Å². The van der Waals surface area contributed by atoms with E-state index in [1.807, 2.05) is 25.3 Å². The normalized spacial score (nSPS) is 12.7. The molecule has 0 bridgehead atoms. The lowest BCUT2D eigenvalue weighted by molar-refractivity contribution is 0.835. The van der Waals surface area contributed by atoms with Crippen molar-refractivity contribution in [1.29, 1.82) is 0 Å². The Kier molecular flexibility index (Phi) is 3.19. The third-order valence-electron chi connectivity index (χ3n) is 2.04. The fourth-order valence-corrected chi connectivity index (χ4v) is 2.52. The average molecular weight is 283 g/mol.